The minimum atomic E-state index is -0.416. The van der Waals surface area contributed by atoms with Crippen molar-refractivity contribution in [1.29, 1.82) is 0 Å². The van der Waals surface area contributed by atoms with E-state index in [-0.39, 0.29) is 24.9 Å². The fourth-order valence-electron chi connectivity index (χ4n) is 1.27. The highest BCUT2D eigenvalue weighted by atomic mass is 16.5. The highest BCUT2D eigenvalue weighted by Gasteiger charge is 2.07. The molecule has 7 nitrogen and oxygen atoms in total. The Kier molecular flexibility index (Phi) is 5.16. The monoisotopic (exact) mass is 254 g/mol. The van der Waals surface area contributed by atoms with Gasteiger partial charge in [0.25, 0.3) is 0 Å². The van der Waals surface area contributed by atoms with Gasteiger partial charge in [0.15, 0.2) is 5.82 Å². The van der Waals surface area contributed by atoms with Crippen LogP contribution in [-0.4, -0.2) is 29.7 Å². The number of urea groups is 1. The Balaban J connectivity index is 2.19. The first-order valence-corrected chi connectivity index (χ1v) is 5.75. The molecule has 0 fully saturated rings. The molecule has 0 aliphatic carbocycles. The lowest BCUT2D eigenvalue weighted by Gasteiger charge is -2.08. The van der Waals surface area contributed by atoms with E-state index >= 15 is 0 Å². The Labute approximate surface area is 105 Å². The minimum Gasteiger partial charge on any atom is -0.360 e. The number of rotatable bonds is 5. The van der Waals surface area contributed by atoms with Gasteiger partial charge >= 0.3 is 6.03 Å². The van der Waals surface area contributed by atoms with Crippen molar-refractivity contribution in [2.75, 3.05) is 11.9 Å². The summed E-state index contributed by atoms with van der Waals surface area (Å²) in [6, 6.07) is 1.29. The predicted octanol–water partition coefficient (Wildman–Crippen LogP) is 1.02. The zero-order valence-electron chi connectivity index (χ0n) is 10.7. The normalized spacial score (nSPS) is 10.2. The average molecular weight is 254 g/mol. The van der Waals surface area contributed by atoms with E-state index in [0.29, 0.717) is 11.6 Å². The molecule has 3 amide bonds. The second-order valence-corrected chi connectivity index (χ2v) is 4.18. The van der Waals surface area contributed by atoms with Crippen LogP contribution >= 0.6 is 0 Å². The van der Waals surface area contributed by atoms with Crippen molar-refractivity contribution in [1.82, 2.24) is 15.8 Å². The highest BCUT2D eigenvalue weighted by molar-refractivity contribution is 5.88. The molecule has 3 N–H and O–H groups in total. The fraction of sp³-hybridized carbons (Fsp3) is 0.545. The van der Waals surface area contributed by atoms with Crippen molar-refractivity contribution in [2.45, 2.75) is 33.2 Å². The molecule has 0 saturated carbocycles. The number of hydrogen-bond acceptors (Lipinski definition) is 4. The van der Waals surface area contributed by atoms with E-state index < -0.39 is 6.03 Å². The summed E-state index contributed by atoms with van der Waals surface area (Å²) in [6.45, 7) is 5.75. The molecule has 0 spiro atoms. The molecular formula is C11H18N4O3. The number of nitrogens with zero attached hydrogens (tertiary/aromatic N) is 1. The van der Waals surface area contributed by atoms with E-state index in [1.54, 1.807) is 13.0 Å². The van der Waals surface area contributed by atoms with Crippen LogP contribution in [0.4, 0.5) is 10.6 Å². The molecule has 7 heteroatoms. The van der Waals surface area contributed by atoms with Crippen molar-refractivity contribution >= 4 is 17.8 Å². The van der Waals surface area contributed by atoms with Gasteiger partial charge in [0.1, 0.15) is 5.76 Å². The highest BCUT2D eigenvalue weighted by Crippen LogP contribution is 2.06. The van der Waals surface area contributed by atoms with Crippen LogP contribution in [0.5, 0.6) is 0 Å². The lowest BCUT2D eigenvalue weighted by atomic mass is 10.3. The molecule has 1 rings (SSSR count). The van der Waals surface area contributed by atoms with E-state index in [1.807, 2.05) is 13.8 Å². The standard InChI is InChI=1S/C11H18N4O3/c1-7(2)13-10(16)4-5-12-11(17)14-9-6-8(3)18-15-9/h6-7H,4-5H2,1-3H3,(H,13,16)(H2,12,14,15,17). The summed E-state index contributed by atoms with van der Waals surface area (Å²) in [5, 5.41) is 11.4. The molecular weight excluding hydrogens is 236 g/mol. The van der Waals surface area contributed by atoms with Gasteiger partial charge in [-0.25, -0.2) is 4.79 Å². The molecule has 0 bridgehead atoms. The Morgan fingerprint density at radius 1 is 1.44 bits per heavy atom. The van der Waals surface area contributed by atoms with E-state index in [9.17, 15) is 9.59 Å². The number of carbonyl (C=O) groups excluding carboxylic acids is 2. The predicted molar refractivity (Wildman–Crippen MR) is 66.2 cm³/mol. The summed E-state index contributed by atoms with van der Waals surface area (Å²) in [6.07, 6.45) is 0.240. The molecule has 0 aliphatic rings. The van der Waals surface area contributed by atoms with E-state index in [1.165, 1.54) is 0 Å². The van der Waals surface area contributed by atoms with Crippen molar-refractivity contribution in [3.05, 3.63) is 11.8 Å². The summed E-state index contributed by atoms with van der Waals surface area (Å²) in [5.41, 5.74) is 0. The van der Waals surface area contributed by atoms with Crippen molar-refractivity contribution in [3.8, 4) is 0 Å². The third-order valence-electron chi connectivity index (χ3n) is 1.96. The molecule has 100 valence electrons. The second kappa shape index (κ2) is 6.63. The Morgan fingerprint density at radius 2 is 2.17 bits per heavy atom. The molecule has 0 radical (unpaired) electrons. The van der Waals surface area contributed by atoms with Gasteiger partial charge in [-0.2, -0.15) is 0 Å². The van der Waals surface area contributed by atoms with E-state index in [2.05, 4.69) is 21.1 Å². The van der Waals surface area contributed by atoms with Crippen LogP contribution in [-0.2, 0) is 4.79 Å². The number of hydrogen-bond donors (Lipinski definition) is 3. The summed E-state index contributed by atoms with van der Waals surface area (Å²) in [5.74, 6) is 0.862. The van der Waals surface area contributed by atoms with Crippen LogP contribution in [0, 0.1) is 6.92 Å². The zero-order valence-corrected chi connectivity index (χ0v) is 10.7. The maximum absolute atomic E-state index is 11.4. The van der Waals surface area contributed by atoms with Gasteiger partial charge in [-0.3, -0.25) is 10.1 Å². The number of nitrogens with one attached hydrogen (secondary N) is 3. The lowest BCUT2D eigenvalue weighted by Crippen LogP contribution is -2.35. The van der Waals surface area contributed by atoms with Gasteiger partial charge in [-0.05, 0) is 20.8 Å². The molecule has 1 aromatic rings. The first-order chi connectivity index (χ1) is 8.47. The van der Waals surface area contributed by atoms with Gasteiger partial charge in [0.2, 0.25) is 5.91 Å². The molecule has 0 aromatic carbocycles. The van der Waals surface area contributed by atoms with E-state index in [0.717, 1.165) is 0 Å². The summed E-state index contributed by atoms with van der Waals surface area (Å²) in [7, 11) is 0. The Hall–Kier alpha value is -2.05. The number of carbonyl (C=O) groups is 2. The van der Waals surface area contributed by atoms with Crippen LogP contribution in [0.3, 0.4) is 0 Å². The van der Waals surface area contributed by atoms with Crippen molar-refractivity contribution in [2.24, 2.45) is 0 Å². The molecule has 0 aliphatic heterocycles. The SMILES string of the molecule is Cc1cc(NC(=O)NCCC(=O)NC(C)C)no1. The third kappa shape index (κ3) is 5.33. The topological polar surface area (TPSA) is 96.3 Å². The summed E-state index contributed by atoms with van der Waals surface area (Å²) >= 11 is 0. The maximum atomic E-state index is 11.4. The molecule has 0 unspecified atom stereocenters. The van der Waals surface area contributed by atoms with Gasteiger partial charge in [0.05, 0.1) is 0 Å². The van der Waals surface area contributed by atoms with Crippen molar-refractivity contribution in [3.63, 3.8) is 0 Å². The van der Waals surface area contributed by atoms with Crippen LogP contribution in [0.2, 0.25) is 0 Å². The van der Waals surface area contributed by atoms with Gasteiger partial charge in [-0.15, -0.1) is 0 Å². The van der Waals surface area contributed by atoms with E-state index in [4.69, 9.17) is 4.52 Å². The van der Waals surface area contributed by atoms with Gasteiger partial charge < -0.3 is 15.2 Å². The summed E-state index contributed by atoms with van der Waals surface area (Å²) < 4.78 is 4.80. The van der Waals surface area contributed by atoms with Crippen LogP contribution < -0.4 is 16.0 Å². The number of aryl methyl sites for hydroxylation is 1. The molecule has 1 heterocycles. The van der Waals surface area contributed by atoms with Crippen LogP contribution in [0.1, 0.15) is 26.0 Å². The fourth-order valence-corrected chi connectivity index (χ4v) is 1.27. The minimum absolute atomic E-state index is 0.0948. The van der Waals surface area contributed by atoms with Gasteiger partial charge in [0, 0.05) is 25.1 Å². The average Bonchev–Trinajstić information content (AvgIpc) is 2.62. The molecule has 0 atom stereocenters. The summed E-state index contributed by atoms with van der Waals surface area (Å²) in [4.78, 5) is 22.7. The Bertz CT molecular complexity index is 414. The molecule has 1 aromatic heterocycles. The molecule has 18 heavy (non-hydrogen) atoms. The second-order valence-electron chi connectivity index (χ2n) is 4.18. The van der Waals surface area contributed by atoms with Crippen molar-refractivity contribution < 1.29 is 14.1 Å². The number of amides is 3. The Morgan fingerprint density at radius 3 is 2.72 bits per heavy atom. The largest absolute Gasteiger partial charge is 0.360 e. The molecule has 0 saturated heterocycles. The zero-order chi connectivity index (χ0) is 13.5. The maximum Gasteiger partial charge on any atom is 0.320 e. The van der Waals surface area contributed by atoms with Crippen LogP contribution in [0.25, 0.3) is 0 Å². The first-order valence-electron chi connectivity index (χ1n) is 5.75. The van der Waals surface area contributed by atoms with Crippen LogP contribution in [0.15, 0.2) is 10.6 Å². The lowest BCUT2D eigenvalue weighted by molar-refractivity contribution is -0.121. The smallest absolute Gasteiger partial charge is 0.320 e. The third-order valence-corrected chi connectivity index (χ3v) is 1.96. The number of aromatic nitrogens is 1. The van der Waals surface area contributed by atoms with Gasteiger partial charge in [-0.1, -0.05) is 5.16 Å². The first kappa shape index (κ1) is 14.0. The number of anilines is 1. The quantitative estimate of drug-likeness (QED) is 0.730.